The van der Waals surface area contributed by atoms with Crippen LogP contribution in [0.15, 0.2) is 24.3 Å². The summed E-state index contributed by atoms with van der Waals surface area (Å²) in [5.41, 5.74) is 0.331. The first kappa shape index (κ1) is 10.7. The highest BCUT2D eigenvalue weighted by atomic mass is 16.3. The van der Waals surface area contributed by atoms with E-state index in [1.165, 1.54) is 12.5 Å². The number of para-hydroxylation sites is 1. The zero-order valence-electron chi connectivity index (χ0n) is 7.45. The van der Waals surface area contributed by atoms with Crippen LogP contribution < -0.4 is 0 Å². The second-order valence-electron chi connectivity index (χ2n) is 2.38. The van der Waals surface area contributed by atoms with E-state index in [0.717, 1.165) is 0 Å². The Morgan fingerprint density at radius 3 is 2.17 bits per heavy atom. The summed E-state index contributed by atoms with van der Waals surface area (Å²) in [7, 11) is 0. The molecule has 0 aromatic heterocycles. The topological polar surface area (TPSA) is 37.3 Å². The van der Waals surface area contributed by atoms with E-state index in [1.807, 2.05) is 0 Å². The minimum absolute atomic E-state index is 0.0347. The molecule has 0 aliphatic rings. The van der Waals surface area contributed by atoms with E-state index in [-0.39, 0.29) is 5.75 Å². The molecule has 0 radical (unpaired) electrons. The molecule has 2 nitrogen and oxygen atoms in total. The third kappa shape index (κ3) is 3.76. The van der Waals surface area contributed by atoms with Gasteiger partial charge in [-0.15, -0.1) is 0 Å². The number of rotatable bonds is 1. The molecule has 1 aromatic rings. The Labute approximate surface area is 72.9 Å². The van der Waals surface area contributed by atoms with Crippen molar-refractivity contribution in [3.63, 3.8) is 0 Å². The van der Waals surface area contributed by atoms with E-state index in [1.54, 1.807) is 18.2 Å². The van der Waals surface area contributed by atoms with Crippen LogP contribution in [-0.2, 0) is 0 Å². The molecular weight excluding hydrogens is 152 g/mol. The monoisotopic (exact) mass is 166 g/mol. The molecule has 12 heavy (non-hydrogen) atoms. The lowest BCUT2D eigenvalue weighted by atomic mass is 10.2. The molecule has 0 aliphatic carbocycles. The Hall–Kier alpha value is -1.31. The summed E-state index contributed by atoms with van der Waals surface area (Å²) in [5, 5.41) is 8.88. The summed E-state index contributed by atoms with van der Waals surface area (Å²) < 4.78 is 0. The molecule has 0 amide bonds. The lowest BCUT2D eigenvalue weighted by Crippen LogP contribution is -1.77. The summed E-state index contributed by atoms with van der Waals surface area (Å²) in [4.78, 5) is 10.1. The molecule has 0 unspecified atom stereocenters. The molecule has 2 heteroatoms. The Morgan fingerprint density at radius 2 is 1.83 bits per heavy atom. The molecule has 0 aliphatic heterocycles. The Kier molecular flexibility index (Phi) is 5.70. The number of benzene rings is 1. The quantitative estimate of drug-likeness (QED) is 0.651. The highest BCUT2D eigenvalue weighted by Gasteiger charge is 1.93. The van der Waals surface area contributed by atoms with Crippen LogP contribution in [-0.4, -0.2) is 11.4 Å². The summed E-state index contributed by atoms with van der Waals surface area (Å²) in [6.07, 6.45) is 1.87. The number of phenolic OH excluding ortho intramolecular Hbond substituents is 1. The van der Waals surface area contributed by atoms with E-state index in [0.29, 0.717) is 11.8 Å². The van der Waals surface area contributed by atoms with Crippen molar-refractivity contribution < 1.29 is 9.90 Å². The first-order valence-electron chi connectivity index (χ1n) is 3.99. The SMILES string of the molecule is CCC.O=Cc1ccccc1O. The van der Waals surface area contributed by atoms with Crippen LogP contribution in [0.1, 0.15) is 30.6 Å². The maximum atomic E-state index is 10.1. The molecule has 0 bridgehead atoms. The molecule has 0 atom stereocenters. The van der Waals surface area contributed by atoms with Gasteiger partial charge in [-0.05, 0) is 12.1 Å². The number of aldehydes is 1. The fourth-order valence-electron chi connectivity index (χ4n) is 0.587. The molecule has 0 fully saturated rings. The lowest BCUT2D eigenvalue weighted by Gasteiger charge is -1.91. The van der Waals surface area contributed by atoms with Crippen LogP contribution in [0.4, 0.5) is 0 Å². The van der Waals surface area contributed by atoms with Gasteiger partial charge in [-0.3, -0.25) is 4.79 Å². The van der Waals surface area contributed by atoms with E-state index < -0.39 is 0 Å². The molecule has 1 N–H and O–H groups in total. The first-order valence-corrected chi connectivity index (χ1v) is 3.99. The third-order valence-electron chi connectivity index (χ3n) is 1.06. The Balaban J connectivity index is 0.000000354. The van der Waals surface area contributed by atoms with Gasteiger partial charge in [0.25, 0.3) is 0 Å². The van der Waals surface area contributed by atoms with Gasteiger partial charge in [-0.2, -0.15) is 0 Å². The molecule has 0 heterocycles. The highest BCUT2D eigenvalue weighted by molar-refractivity contribution is 5.78. The van der Waals surface area contributed by atoms with Crippen LogP contribution >= 0.6 is 0 Å². The van der Waals surface area contributed by atoms with E-state index in [2.05, 4.69) is 13.8 Å². The minimum atomic E-state index is 0.0347. The molecule has 0 saturated carbocycles. The predicted octanol–water partition coefficient (Wildman–Crippen LogP) is 2.62. The molecule has 66 valence electrons. The van der Waals surface area contributed by atoms with Crippen LogP contribution in [0.5, 0.6) is 5.75 Å². The van der Waals surface area contributed by atoms with Crippen molar-refractivity contribution in [1.82, 2.24) is 0 Å². The van der Waals surface area contributed by atoms with Gasteiger partial charge >= 0.3 is 0 Å². The van der Waals surface area contributed by atoms with Gasteiger partial charge in [0.15, 0.2) is 6.29 Å². The summed E-state index contributed by atoms with van der Waals surface area (Å²) in [6.45, 7) is 4.25. The summed E-state index contributed by atoms with van der Waals surface area (Å²) >= 11 is 0. The number of aromatic hydroxyl groups is 1. The maximum Gasteiger partial charge on any atom is 0.153 e. The van der Waals surface area contributed by atoms with Crippen molar-refractivity contribution in [1.29, 1.82) is 0 Å². The van der Waals surface area contributed by atoms with E-state index >= 15 is 0 Å². The average molecular weight is 166 g/mol. The second kappa shape index (κ2) is 6.40. The molecule has 1 rings (SSSR count). The van der Waals surface area contributed by atoms with E-state index in [9.17, 15) is 4.79 Å². The lowest BCUT2D eigenvalue weighted by molar-refractivity contribution is 0.112. The van der Waals surface area contributed by atoms with Crippen LogP contribution in [0.3, 0.4) is 0 Å². The van der Waals surface area contributed by atoms with Gasteiger partial charge < -0.3 is 5.11 Å². The van der Waals surface area contributed by atoms with Gasteiger partial charge in [-0.1, -0.05) is 32.4 Å². The number of hydrogen-bond donors (Lipinski definition) is 1. The van der Waals surface area contributed by atoms with Crippen LogP contribution in [0, 0.1) is 0 Å². The van der Waals surface area contributed by atoms with Gasteiger partial charge in [0.2, 0.25) is 0 Å². The van der Waals surface area contributed by atoms with Crippen molar-refractivity contribution in [3.05, 3.63) is 29.8 Å². The van der Waals surface area contributed by atoms with Gasteiger partial charge in [0.1, 0.15) is 5.75 Å². The predicted molar refractivity (Wildman–Crippen MR) is 49.5 cm³/mol. The Morgan fingerprint density at radius 1 is 1.33 bits per heavy atom. The molecule has 0 saturated heterocycles. The van der Waals surface area contributed by atoms with E-state index in [4.69, 9.17) is 5.11 Å². The standard InChI is InChI=1S/C7H6O2.C3H8/c8-5-6-3-1-2-4-7(6)9;1-3-2/h1-5,9H;3H2,1-2H3. The highest BCUT2D eigenvalue weighted by Crippen LogP contribution is 2.11. The first-order chi connectivity index (χ1) is 5.76. The fraction of sp³-hybridized carbons (Fsp3) is 0.300. The Bertz CT molecular complexity index is 231. The number of carbonyl (C=O) groups is 1. The zero-order valence-corrected chi connectivity index (χ0v) is 7.45. The minimum Gasteiger partial charge on any atom is -0.507 e. The second-order valence-corrected chi connectivity index (χ2v) is 2.38. The maximum absolute atomic E-state index is 10.1. The normalized spacial score (nSPS) is 8.17. The molecule has 0 spiro atoms. The van der Waals surface area contributed by atoms with Crippen molar-refractivity contribution in [2.75, 3.05) is 0 Å². The van der Waals surface area contributed by atoms with Crippen molar-refractivity contribution in [3.8, 4) is 5.75 Å². The van der Waals surface area contributed by atoms with Gasteiger partial charge in [-0.25, -0.2) is 0 Å². The summed E-state index contributed by atoms with van der Waals surface area (Å²) in [5.74, 6) is 0.0347. The van der Waals surface area contributed by atoms with Crippen LogP contribution in [0.2, 0.25) is 0 Å². The smallest absolute Gasteiger partial charge is 0.153 e. The zero-order chi connectivity index (χ0) is 9.40. The average Bonchev–Trinajstić information content (AvgIpc) is 2.07. The number of carbonyl (C=O) groups excluding carboxylic acids is 1. The van der Waals surface area contributed by atoms with Crippen LogP contribution in [0.25, 0.3) is 0 Å². The summed E-state index contributed by atoms with van der Waals surface area (Å²) in [6, 6.07) is 6.40. The molecule has 1 aromatic carbocycles. The number of phenols is 1. The third-order valence-corrected chi connectivity index (χ3v) is 1.06. The largest absolute Gasteiger partial charge is 0.507 e. The van der Waals surface area contributed by atoms with Gasteiger partial charge in [0, 0.05) is 0 Å². The fourth-order valence-corrected chi connectivity index (χ4v) is 0.587. The van der Waals surface area contributed by atoms with Gasteiger partial charge in [0.05, 0.1) is 5.56 Å². The molecular formula is C10H14O2. The van der Waals surface area contributed by atoms with Crippen molar-refractivity contribution >= 4 is 6.29 Å². The number of hydrogen-bond acceptors (Lipinski definition) is 2. The van der Waals surface area contributed by atoms with Crippen molar-refractivity contribution in [2.24, 2.45) is 0 Å². The van der Waals surface area contributed by atoms with Crippen molar-refractivity contribution in [2.45, 2.75) is 20.3 Å².